The molecule has 0 radical (unpaired) electrons. The van der Waals surface area contributed by atoms with E-state index in [1.165, 1.54) is 5.52 Å². The summed E-state index contributed by atoms with van der Waals surface area (Å²) in [7, 11) is 0. The molecule has 1 atom stereocenters. The van der Waals surface area contributed by atoms with Gasteiger partial charge in [-0.05, 0) is 26.0 Å². The molecule has 1 unspecified atom stereocenters. The monoisotopic (exact) mass is 296 g/mol. The lowest BCUT2D eigenvalue weighted by Gasteiger charge is -2.37. The van der Waals surface area contributed by atoms with Crippen molar-refractivity contribution < 1.29 is 0 Å². The number of nitrogens with zero attached hydrogens (tertiary/aromatic N) is 2. The maximum Gasteiger partial charge on any atom is 0.169 e. The van der Waals surface area contributed by atoms with E-state index < -0.39 is 0 Å². The summed E-state index contributed by atoms with van der Waals surface area (Å²) in [5, 5.41) is 1.14. The summed E-state index contributed by atoms with van der Waals surface area (Å²) in [5.74, 6) is 1.08. The summed E-state index contributed by atoms with van der Waals surface area (Å²) in [6, 6.07) is 8.36. The van der Waals surface area contributed by atoms with Crippen LogP contribution in [0.5, 0.6) is 0 Å². The third-order valence-corrected chi connectivity index (χ3v) is 6.14. The zero-order chi connectivity index (χ0) is 11.3. The number of hydrogen-bond donors (Lipinski definition) is 0. The maximum absolute atomic E-state index is 4.69. The molecule has 1 aliphatic rings. The van der Waals surface area contributed by atoms with Gasteiger partial charge in [0.15, 0.2) is 5.16 Å². The smallest absolute Gasteiger partial charge is 0.169 e. The molecular weight excluding hydrogens is 284 g/mol. The molecule has 3 rings (SSSR count). The van der Waals surface area contributed by atoms with E-state index in [-0.39, 0.29) is 5.54 Å². The van der Waals surface area contributed by atoms with E-state index in [0.717, 1.165) is 16.4 Å². The number of halogens is 1. The zero-order valence-electron chi connectivity index (χ0n) is 9.27. The molecule has 2 aromatic rings. The molecule has 4 heteroatoms. The van der Waals surface area contributed by atoms with Gasteiger partial charge < -0.3 is 4.57 Å². The average molecular weight is 297 g/mol. The minimum atomic E-state index is 0.0800. The fourth-order valence-electron chi connectivity index (χ4n) is 2.15. The second-order valence-electron chi connectivity index (χ2n) is 4.65. The molecule has 1 aliphatic heterocycles. The van der Waals surface area contributed by atoms with E-state index >= 15 is 0 Å². The molecule has 0 saturated heterocycles. The van der Waals surface area contributed by atoms with Crippen LogP contribution in [0.15, 0.2) is 29.4 Å². The van der Waals surface area contributed by atoms with Crippen LogP contribution in [0.2, 0.25) is 0 Å². The highest BCUT2D eigenvalue weighted by Crippen LogP contribution is 2.41. The number of thioether (sulfide) groups is 1. The van der Waals surface area contributed by atoms with Crippen LogP contribution in [0.3, 0.4) is 0 Å². The number of fused-ring (bicyclic) bond motifs is 3. The highest BCUT2D eigenvalue weighted by atomic mass is 79.9. The number of alkyl halides is 1. The first-order chi connectivity index (χ1) is 7.60. The van der Waals surface area contributed by atoms with Crippen molar-refractivity contribution in [2.24, 2.45) is 0 Å². The molecule has 0 amide bonds. The summed E-state index contributed by atoms with van der Waals surface area (Å²) >= 11 is 5.61. The van der Waals surface area contributed by atoms with E-state index in [4.69, 9.17) is 0 Å². The first-order valence-corrected chi connectivity index (χ1v) is 7.25. The Kier molecular flexibility index (Phi) is 2.33. The van der Waals surface area contributed by atoms with Gasteiger partial charge in [-0.15, -0.1) is 0 Å². The van der Waals surface area contributed by atoms with E-state index in [1.807, 2.05) is 17.8 Å². The quantitative estimate of drug-likeness (QED) is 0.691. The first-order valence-electron chi connectivity index (χ1n) is 5.35. The average Bonchev–Trinajstić information content (AvgIpc) is 2.63. The van der Waals surface area contributed by atoms with Crippen molar-refractivity contribution >= 4 is 38.7 Å². The lowest BCUT2D eigenvalue weighted by Crippen LogP contribution is -2.40. The van der Waals surface area contributed by atoms with Crippen LogP contribution in [-0.2, 0) is 5.54 Å². The predicted octanol–water partition coefficient (Wildman–Crippen LogP) is 3.64. The Morgan fingerprint density at radius 1 is 1.44 bits per heavy atom. The summed E-state index contributed by atoms with van der Waals surface area (Å²) in [6.45, 7) is 4.54. The van der Waals surface area contributed by atoms with E-state index in [0.29, 0.717) is 4.83 Å². The largest absolute Gasteiger partial charge is 0.312 e. The van der Waals surface area contributed by atoms with Gasteiger partial charge in [0, 0.05) is 10.6 Å². The molecule has 16 heavy (non-hydrogen) atoms. The molecule has 0 bridgehead atoms. The second-order valence-corrected chi connectivity index (χ2v) is 6.74. The first kappa shape index (κ1) is 10.7. The van der Waals surface area contributed by atoms with Gasteiger partial charge in [-0.2, -0.15) is 0 Å². The van der Waals surface area contributed by atoms with Gasteiger partial charge in [0.05, 0.1) is 16.6 Å². The maximum atomic E-state index is 4.69. The summed E-state index contributed by atoms with van der Waals surface area (Å²) < 4.78 is 2.36. The Hall–Kier alpha value is -0.480. The molecule has 1 aromatic carbocycles. The van der Waals surface area contributed by atoms with Crippen molar-refractivity contribution in [2.75, 3.05) is 5.75 Å². The van der Waals surface area contributed by atoms with Crippen molar-refractivity contribution in [1.29, 1.82) is 0 Å². The van der Waals surface area contributed by atoms with E-state index in [1.54, 1.807) is 0 Å². The standard InChI is InChI=1S/C12H13BrN2S/c1-12(2)10(13)7-16-11-14-8-5-3-4-6-9(8)15(11)12/h3-6,10H,7H2,1-2H3. The molecular formula is C12H13BrN2S. The molecule has 1 aromatic heterocycles. The number of para-hydroxylation sites is 2. The Bertz CT molecular complexity index is 547. The van der Waals surface area contributed by atoms with Gasteiger partial charge in [0.1, 0.15) is 0 Å². The van der Waals surface area contributed by atoms with Gasteiger partial charge in [0.2, 0.25) is 0 Å². The van der Waals surface area contributed by atoms with Crippen LogP contribution in [0.4, 0.5) is 0 Å². The summed E-state index contributed by atoms with van der Waals surface area (Å²) in [6.07, 6.45) is 0. The fraction of sp³-hybridized carbons (Fsp3) is 0.417. The van der Waals surface area contributed by atoms with Crippen molar-refractivity contribution in [2.45, 2.75) is 29.4 Å². The van der Waals surface area contributed by atoms with Gasteiger partial charge in [-0.1, -0.05) is 39.8 Å². The van der Waals surface area contributed by atoms with E-state index in [9.17, 15) is 0 Å². The van der Waals surface area contributed by atoms with Crippen molar-refractivity contribution in [3.8, 4) is 0 Å². The Labute approximate surface area is 108 Å². The van der Waals surface area contributed by atoms with Crippen LogP contribution in [0, 0.1) is 0 Å². The second kappa shape index (κ2) is 3.50. The van der Waals surface area contributed by atoms with Crippen molar-refractivity contribution in [1.82, 2.24) is 9.55 Å². The highest BCUT2D eigenvalue weighted by molar-refractivity contribution is 9.09. The lowest BCUT2D eigenvalue weighted by atomic mass is 10.0. The lowest BCUT2D eigenvalue weighted by molar-refractivity contribution is 0.336. The molecule has 2 heterocycles. The minimum Gasteiger partial charge on any atom is -0.312 e. The van der Waals surface area contributed by atoms with Crippen LogP contribution >= 0.6 is 27.7 Å². The summed E-state index contributed by atoms with van der Waals surface area (Å²) in [5.41, 5.74) is 2.41. The molecule has 0 aliphatic carbocycles. The molecule has 0 N–H and O–H groups in total. The topological polar surface area (TPSA) is 17.8 Å². The Morgan fingerprint density at radius 2 is 2.19 bits per heavy atom. The molecule has 0 fully saturated rings. The number of imidazole rings is 1. The molecule has 2 nitrogen and oxygen atoms in total. The van der Waals surface area contributed by atoms with Crippen LogP contribution in [-0.4, -0.2) is 20.1 Å². The number of aromatic nitrogens is 2. The van der Waals surface area contributed by atoms with Gasteiger partial charge in [0.25, 0.3) is 0 Å². The van der Waals surface area contributed by atoms with Crippen LogP contribution in [0.25, 0.3) is 11.0 Å². The number of benzene rings is 1. The van der Waals surface area contributed by atoms with Crippen LogP contribution < -0.4 is 0 Å². The third kappa shape index (κ3) is 1.36. The van der Waals surface area contributed by atoms with Gasteiger partial charge >= 0.3 is 0 Å². The normalized spacial score (nSPS) is 23.3. The van der Waals surface area contributed by atoms with Crippen molar-refractivity contribution in [3.05, 3.63) is 24.3 Å². The predicted molar refractivity (Wildman–Crippen MR) is 72.5 cm³/mol. The highest BCUT2D eigenvalue weighted by Gasteiger charge is 2.37. The van der Waals surface area contributed by atoms with Gasteiger partial charge in [-0.3, -0.25) is 0 Å². The summed E-state index contributed by atoms with van der Waals surface area (Å²) in [4.78, 5) is 5.17. The van der Waals surface area contributed by atoms with Crippen molar-refractivity contribution in [3.63, 3.8) is 0 Å². The Balaban J connectivity index is 2.35. The molecule has 0 spiro atoms. The van der Waals surface area contributed by atoms with Crippen LogP contribution in [0.1, 0.15) is 13.8 Å². The molecule has 84 valence electrons. The molecule has 0 saturated carbocycles. The van der Waals surface area contributed by atoms with E-state index in [2.05, 4.69) is 57.5 Å². The third-order valence-electron chi connectivity index (χ3n) is 3.23. The minimum absolute atomic E-state index is 0.0800. The number of rotatable bonds is 0. The number of hydrogen-bond acceptors (Lipinski definition) is 2. The SMILES string of the molecule is CC1(C)C(Br)CSc2nc3ccccc3n21. The van der Waals surface area contributed by atoms with Gasteiger partial charge in [-0.25, -0.2) is 4.98 Å². The Morgan fingerprint density at radius 3 is 3.00 bits per heavy atom. The fourth-order valence-corrected chi connectivity index (χ4v) is 4.08. The zero-order valence-corrected chi connectivity index (χ0v) is 11.7.